The number of hydrogen-bond donors (Lipinski definition) is 2. The molecular weight excluding hydrogens is 501 g/mol. The van der Waals surface area contributed by atoms with E-state index in [9.17, 15) is 4.79 Å². The van der Waals surface area contributed by atoms with Gasteiger partial charge in [0.05, 0.1) is 0 Å². The minimum atomic E-state index is 0. The lowest BCUT2D eigenvalue weighted by molar-refractivity contribution is -0.131. The molecule has 2 heterocycles. The van der Waals surface area contributed by atoms with Crippen molar-refractivity contribution in [3.05, 3.63) is 65.7 Å². The number of aliphatic imine (C=N–C) groups is 1. The molecule has 2 aromatic rings. The highest BCUT2D eigenvalue weighted by Crippen LogP contribution is 2.23. The molecule has 1 atom stereocenters. The van der Waals surface area contributed by atoms with Crippen molar-refractivity contribution in [1.82, 2.24) is 15.5 Å². The molecule has 1 fully saturated rings. The maximum Gasteiger partial charge on any atom is 0.223 e. The van der Waals surface area contributed by atoms with E-state index >= 15 is 0 Å². The minimum absolute atomic E-state index is 0. The summed E-state index contributed by atoms with van der Waals surface area (Å²) in [6.45, 7) is 4.24. The van der Waals surface area contributed by atoms with Gasteiger partial charge in [0.25, 0.3) is 0 Å². The fourth-order valence-corrected chi connectivity index (χ4v) is 4.25. The molecule has 0 saturated carbocycles. The molecular formula is C24H32IN5O. The van der Waals surface area contributed by atoms with Gasteiger partial charge in [0.15, 0.2) is 5.96 Å². The predicted octanol–water partition coefficient (Wildman–Crippen LogP) is 3.37. The smallest absolute Gasteiger partial charge is 0.223 e. The van der Waals surface area contributed by atoms with E-state index in [0.29, 0.717) is 12.5 Å². The molecule has 0 bridgehead atoms. The van der Waals surface area contributed by atoms with Crippen LogP contribution in [0.1, 0.15) is 30.4 Å². The number of guanidine groups is 1. The van der Waals surface area contributed by atoms with Crippen LogP contribution in [0.15, 0.2) is 59.6 Å². The highest BCUT2D eigenvalue weighted by Gasteiger charge is 2.24. The Kier molecular flexibility index (Phi) is 8.57. The van der Waals surface area contributed by atoms with Crippen molar-refractivity contribution in [3.8, 4) is 0 Å². The number of anilines is 1. The molecule has 6 nitrogen and oxygen atoms in total. The second-order valence-electron chi connectivity index (χ2n) is 8.03. The maximum atomic E-state index is 12.5. The van der Waals surface area contributed by atoms with E-state index in [4.69, 9.17) is 0 Å². The van der Waals surface area contributed by atoms with E-state index in [1.54, 1.807) is 7.05 Å². The van der Waals surface area contributed by atoms with Crippen molar-refractivity contribution in [2.24, 2.45) is 4.99 Å². The van der Waals surface area contributed by atoms with Crippen molar-refractivity contribution in [2.45, 2.75) is 38.4 Å². The zero-order valence-corrected chi connectivity index (χ0v) is 20.4. The predicted molar refractivity (Wildman–Crippen MR) is 137 cm³/mol. The third-order valence-corrected chi connectivity index (χ3v) is 5.93. The molecule has 2 aliphatic rings. The molecule has 2 aromatic carbocycles. The molecule has 0 aliphatic carbocycles. The number of carbonyl (C=O) groups excluding carboxylic acids is 1. The van der Waals surface area contributed by atoms with Crippen LogP contribution >= 0.6 is 24.0 Å². The lowest BCUT2D eigenvalue weighted by Crippen LogP contribution is -2.45. The minimum Gasteiger partial charge on any atom is -0.369 e. The quantitative estimate of drug-likeness (QED) is 0.259. The number of rotatable bonds is 6. The number of hydrogen-bond acceptors (Lipinski definition) is 3. The average Bonchev–Trinajstić information content (AvgIpc) is 3.43. The monoisotopic (exact) mass is 533 g/mol. The van der Waals surface area contributed by atoms with Crippen molar-refractivity contribution in [3.63, 3.8) is 0 Å². The first-order valence-electron chi connectivity index (χ1n) is 10.8. The molecule has 1 amide bonds. The molecule has 0 spiro atoms. The van der Waals surface area contributed by atoms with Gasteiger partial charge in [-0.05, 0) is 36.1 Å². The Balaban J connectivity index is 0.00000272. The Morgan fingerprint density at radius 3 is 2.42 bits per heavy atom. The molecule has 31 heavy (non-hydrogen) atoms. The topological polar surface area (TPSA) is 60.0 Å². The van der Waals surface area contributed by atoms with Crippen molar-refractivity contribution in [1.29, 1.82) is 0 Å². The van der Waals surface area contributed by atoms with Crippen LogP contribution in [0.4, 0.5) is 5.69 Å². The fourth-order valence-electron chi connectivity index (χ4n) is 4.25. The summed E-state index contributed by atoms with van der Waals surface area (Å²) in [7, 11) is 1.80. The zero-order valence-electron chi connectivity index (χ0n) is 18.1. The van der Waals surface area contributed by atoms with Gasteiger partial charge in [-0.2, -0.15) is 0 Å². The summed E-state index contributed by atoms with van der Waals surface area (Å²) >= 11 is 0. The van der Waals surface area contributed by atoms with Crippen LogP contribution in [0.25, 0.3) is 0 Å². The number of benzene rings is 2. The van der Waals surface area contributed by atoms with Crippen molar-refractivity contribution >= 4 is 41.5 Å². The van der Waals surface area contributed by atoms with Gasteiger partial charge in [0.2, 0.25) is 5.91 Å². The number of halogens is 1. The highest BCUT2D eigenvalue weighted by atomic mass is 127. The Morgan fingerprint density at radius 2 is 1.74 bits per heavy atom. The Bertz CT molecular complexity index is 864. The lowest BCUT2D eigenvalue weighted by atomic mass is 10.1. The molecule has 0 aromatic heterocycles. The third-order valence-electron chi connectivity index (χ3n) is 5.93. The summed E-state index contributed by atoms with van der Waals surface area (Å²) in [6.07, 6.45) is 2.44. The Labute approximate surface area is 202 Å². The molecule has 1 unspecified atom stereocenters. The van der Waals surface area contributed by atoms with Crippen LogP contribution in [-0.2, 0) is 17.9 Å². The second-order valence-corrected chi connectivity index (χ2v) is 8.03. The largest absolute Gasteiger partial charge is 0.369 e. The average molecular weight is 533 g/mol. The first-order chi connectivity index (χ1) is 14.7. The van der Waals surface area contributed by atoms with E-state index in [2.05, 4.69) is 56.9 Å². The third kappa shape index (κ3) is 6.12. The highest BCUT2D eigenvalue weighted by molar-refractivity contribution is 14.0. The number of nitrogens with zero attached hydrogens (tertiary/aromatic N) is 3. The normalized spacial score (nSPS) is 17.8. The van der Waals surface area contributed by atoms with E-state index in [1.165, 1.54) is 16.8 Å². The van der Waals surface area contributed by atoms with Gasteiger partial charge in [0, 0.05) is 57.9 Å². The maximum absolute atomic E-state index is 12.5. The first-order valence-corrected chi connectivity index (χ1v) is 10.8. The molecule has 0 radical (unpaired) electrons. The summed E-state index contributed by atoms with van der Waals surface area (Å²) in [5.74, 6) is 1.04. The molecule has 2 N–H and O–H groups in total. The van der Waals surface area contributed by atoms with Crippen LogP contribution < -0.4 is 15.5 Å². The summed E-state index contributed by atoms with van der Waals surface area (Å²) in [5.41, 5.74) is 3.82. The van der Waals surface area contributed by atoms with E-state index in [-0.39, 0.29) is 29.9 Å². The van der Waals surface area contributed by atoms with Gasteiger partial charge in [-0.25, -0.2) is 0 Å². The molecule has 4 rings (SSSR count). The number of para-hydroxylation sites is 1. The second kappa shape index (κ2) is 11.4. The number of fused-ring (bicyclic) bond motifs is 1. The lowest BCUT2D eigenvalue weighted by Gasteiger charge is -2.20. The van der Waals surface area contributed by atoms with Gasteiger partial charge in [-0.1, -0.05) is 42.5 Å². The van der Waals surface area contributed by atoms with Gasteiger partial charge in [-0.15, -0.1) is 24.0 Å². The fraction of sp³-hybridized carbons (Fsp3) is 0.417. The Morgan fingerprint density at radius 1 is 1.06 bits per heavy atom. The Hall–Kier alpha value is -2.29. The summed E-state index contributed by atoms with van der Waals surface area (Å²) < 4.78 is 0. The van der Waals surface area contributed by atoms with E-state index < -0.39 is 0 Å². The van der Waals surface area contributed by atoms with Crippen LogP contribution in [0.3, 0.4) is 0 Å². The van der Waals surface area contributed by atoms with E-state index in [0.717, 1.165) is 51.5 Å². The summed E-state index contributed by atoms with van der Waals surface area (Å²) in [4.78, 5) is 21.2. The van der Waals surface area contributed by atoms with E-state index in [1.807, 2.05) is 23.1 Å². The van der Waals surface area contributed by atoms with Gasteiger partial charge in [0.1, 0.15) is 0 Å². The van der Waals surface area contributed by atoms with Crippen LogP contribution in [0.5, 0.6) is 0 Å². The summed E-state index contributed by atoms with van der Waals surface area (Å²) in [6, 6.07) is 19.2. The number of nitrogens with one attached hydrogen (secondary N) is 2. The summed E-state index contributed by atoms with van der Waals surface area (Å²) in [5, 5.41) is 6.89. The molecule has 7 heteroatoms. The number of carbonyl (C=O) groups is 1. The van der Waals surface area contributed by atoms with Crippen molar-refractivity contribution in [2.75, 3.05) is 31.6 Å². The van der Waals surface area contributed by atoms with Gasteiger partial charge < -0.3 is 20.4 Å². The van der Waals surface area contributed by atoms with Crippen LogP contribution in [0, 0.1) is 0 Å². The molecule has 166 valence electrons. The zero-order chi connectivity index (χ0) is 20.8. The standard InChI is InChI=1S/C24H31N5O.HI/c1-25-24(27-21-13-15-28(18-21)22-10-3-2-4-11-22)26-14-7-12-23(30)29-16-19-8-5-6-9-20(19)17-29;/h2-6,8-11,21H,7,12-18H2,1H3,(H2,25,26,27);1H. The van der Waals surface area contributed by atoms with Crippen LogP contribution in [-0.4, -0.2) is 49.5 Å². The van der Waals surface area contributed by atoms with Crippen LogP contribution in [0.2, 0.25) is 0 Å². The van der Waals surface area contributed by atoms with Crippen molar-refractivity contribution < 1.29 is 4.79 Å². The molecule has 1 saturated heterocycles. The van der Waals surface area contributed by atoms with Gasteiger partial charge in [-0.3, -0.25) is 9.79 Å². The van der Waals surface area contributed by atoms with Gasteiger partial charge >= 0.3 is 0 Å². The molecule has 2 aliphatic heterocycles. The SMILES string of the molecule is CN=C(NCCCC(=O)N1Cc2ccccc2C1)NC1CCN(c2ccccc2)C1.I. The number of amides is 1. The first kappa shape index (κ1) is 23.4.